The Morgan fingerprint density at radius 1 is 0.957 bits per heavy atom. The van der Waals surface area contributed by atoms with Gasteiger partial charge in [-0.05, 0) is 36.4 Å². The number of pyridine rings is 2. The van der Waals surface area contributed by atoms with Crippen LogP contribution >= 0.6 is 11.6 Å². The molecule has 1 N–H and O–H groups in total. The molecule has 2 aromatic heterocycles. The van der Waals surface area contributed by atoms with Gasteiger partial charge in [-0.1, -0.05) is 29.8 Å². The topological polar surface area (TPSA) is 63.1 Å². The molecule has 1 aromatic carbocycles. The van der Waals surface area contributed by atoms with Gasteiger partial charge >= 0.3 is 5.97 Å². The Bertz CT molecular complexity index is 838. The quantitative estimate of drug-likeness (QED) is 0.731. The van der Waals surface area contributed by atoms with Crippen molar-refractivity contribution in [2.75, 3.05) is 0 Å². The third-order valence-corrected chi connectivity index (χ3v) is 3.42. The van der Waals surface area contributed by atoms with Gasteiger partial charge in [-0.15, -0.1) is 0 Å². The fourth-order valence-corrected chi connectivity index (χ4v) is 2.26. The van der Waals surface area contributed by atoms with Crippen LogP contribution in [0.15, 0.2) is 60.8 Å². The number of halogens is 1. The smallest absolute Gasteiger partial charge is 0.337 e. The minimum absolute atomic E-state index is 0. The molecular formula is C17H11ClKN2O2. The second kappa shape index (κ2) is 8.14. The number of rotatable bonds is 3. The molecule has 0 saturated heterocycles. The normalized spacial score (nSPS) is 9.96. The van der Waals surface area contributed by atoms with Crippen molar-refractivity contribution >= 4 is 69.0 Å². The molecule has 4 nitrogen and oxygen atoms in total. The summed E-state index contributed by atoms with van der Waals surface area (Å²) in [6.07, 6.45) is 1.55. The van der Waals surface area contributed by atoms with Gasteiger partial charge in [0.25, 0.3) is 0 Å². The van der Waals surface area contributed by atoms with Gasteiger partial charge in [0.2, 0.25) is 0 Å². The molecule has 0 amide bonds. The van der Waals surface area contributed by atoms with E-state index in [0.717, 1.165) is 11.3 Å². The Hall–Kier alpha value is -1.08. The molecule has 109 valence electrons. The average Bonchev–Trinajstić information content (AvgIpc) is 2.55. The Kier molecular flexibility index (Phi) is 6.47. The van der Waals surface area contributed by atoms with E-state index in [-0.39, 0.29) is 56.9 Å². The third kappa shape index (κ3) is 4.26. The molecule has 0 spiro atoms. The molecule has 2 heterocycles. The number of nitrogens with zero attached hydrogens (tertiary/aromatic N) is 2. The van der Waals surface area contributed by atoms with Crippen LogP contribution < -0.4 is 0 Å². The fourth-order valence-electron chi connectivity index (χ4n) is 2.13. The number of aromatic carboxylic acids is 1. The van der Waals surface area contributed by atoms with Crippen LogP contribution in [0.25, 0.3) is 22.6 Å². The van der Waals surface area contributed by atoms with E-state index < -0.39 is 5.97 Å². The Labute approximate surface area is 181 Å². The zero-order valence-electron chi connectivity index (χ0n) is 12.4. The zero-order chi connectivity index (χ0) is 15.5. The largest absolute Gasteiger partial charge is 0.478 e. The molecule has 0 saturated carbocycles. The summed E-state index contributed by atoms with van der Waals surface area (Å²) < 4.78 is 0. The summed E-state index contributed by atoms with van der Waals surface area (Å²) in [4.78, 5) is 20.0. The van der Waals surface area contributed by atoms with Crippen molar-refractivity contribution in [1.82, 2.24) is 9.97 Å². The second-order valence-electron chi connectivity index (χ2n) is 4.62. The average molecular weight is 350 g/mol. The van der Waals surface area contributed by atoms with Gasteiger partial charge in [0.1, 0.15) is 5.69 Å². The molecule has 3 aromatic rings. The molecule has 0 aliphatic rings. The molecule has 0 unspecified atom stereocenters. The van der Waals surface area contributed by atoms with Gasteiger partial charge in [-0.25, -0.2) is 9.78 Å². The van der Waals surface area contributed by atoms with Crippen LogP contribution in [0.1, 0.15) is 10.4 Å². The Morgan fingerprint density at radius 3 is 2.35 bits per heavy atom. The molecule has 0 bridgehead atoms. The van der Waals surface area contributed by atoms with Crippen molar-refractivity contribution in [3.8, 4) is 22.6 Å². The molecule has 6 heteroatoms. The molecule has 23 heavy (non-hydrogen) atoms. The van der Waals surface area contributed by atoms with E-state index in [1.165, 1.54) is 6.07 Å². The van der Waals surface area contributed by atoms with Crippen molar-refractivity contribution < 1.29 is 9.90 Å². The molecule has 1 radical (unpaired) electrons. The number of hydrogen-bond donors (Lipinski definition) is 1. The standard InChI is InChI=1S/C17H11ClN2O2.K/c18-12-8-6-11(7-9-12)14-4-1-5-15(20-14)16-13(17(21)22)3-2-10-19-16;/h1-10H,(H,21,22);. The van der Waals surface area contributed by atoms with Crippen LogP contribution in [0.3, 0.4) is 0 Å². The van der Waals surface area contributed by atoms with E-state index >= 15 is 0 Å². The predicted octanol–water partition coefficient (Wildman–Crippen LogP) is 3.78. The molecular weight excluding hydrogens is 339 g/mol. The first-order chi connectivity index (χ1) is 10.6. The second-order valence-corrected chi connectivity index (χ2v) is 5.06. The van der Waals surface area contributed by atoms with Gasteiger partial charge in [0.05, 0.1) is 17.0 Å². The predicted molar refractivity (Wildman–Crippen MR) is 90.6 cm³/mol. The third-order valence-electron chi connectivity index (χ3n) is 3.17. The van der Waals surface area contributed by atoms with Gasteiger partial charge < -0.3 is 5.11 Å². The van der Waals surface area contributed by atoms with Crippen LogP contribution in [-0.2, 0) is 0 Å². The molecule has 0 atom stereocenters. The van der Waals surface area contributed by atoms with Crippen molar-refractivity contribution in [1.29, 1.82) is 0 Å². The van der Waals surface area contributed by atoms with Crippen molar-refractivity contribution in [2.45, 2.75) is 0 Å². The Balaban J connectivity index is 0.00000192. The summed E-state index contributed by atoms with van der Waals surface area (Å²) in [5, 5.41) is 9.91. The van der Waals surface area contributed by atoms with E-state index in [1.807, 2.05) is 24.3 Å². The van der Waals surface area contributed by atoms with E-state index in [9.17, 15) is 9.90 Å². The van der Waals surface area contributed by atoms with Gasteiger partial charge in [0.15, 0.2) is 0 Å². The van der Waals surface area contributed by atoms with Crippen LogP contribution in [0, 0.1) is 0 Å². The van der Waals surface area contributed by atoms with Gasteiger partial charge in [0, 0.05) is 68.2 Å². The number of aromatic nitrogens is 2. The summed E-state index contributed by atoms with van der Waals surface area (Å²) in [5.74, 6) is -1.03. The number of carboxylic acid groups (broad SMARTS) is 1. The van der Waals surface area contributed by atoms with Gasteiger partial charge in [-0.2, -0.15) is 0 Å². The van der Waals surface area contributed by atoms with E-state index in [4.69, 9.17) is 11.6 Å². The SMILES string of the molecule is O=C(O)c1cccnc1-c1cccc(-c2ccc(Cl)cc2)n1.[K]. The number of hydrogen-bond acceptors (Lipinski definition) is 3. The van der Waals surface area contributed by atoms with Crippen LogP contribution in [-0.4, -0.2) is 72.4 Å². The summed E-state index contributed by atoms with van der Waals surface area (Å²) in [7, 11) is 0. The maximum absolute atomic E-state index is 11.3. The van der Waals surface area contributed by atoms with Gasteiger partial charge in [-0.3, -0.25) is 4.98 Å². The molecule has 0 aliphatic heterocycles. The summed E-state index contributed by atoms with van der Waals surface area (Å²) in [6.45, 7) is 0. The molecule has 0 fully saturated rings. The Morgan fingerprint density at radius 2 is 1.65 bits per heavy atom. The van der Waals surface area contributed by atoms with Crippen LogP contribution in [0.2, 0.25) is 5.02 Å². The first kappa shape index (κ1) is 18.3. The van der Waals surface area contributed by atoms with E-state index in [1.54, 1.807) is 30.5 Å². The summed E-state index contributed by atoms with van der Waals surface area (Å²) >= 11 is 5.89. The van der Waals surface area contributed by atoms with Crippen LogP contribution in [0.4, 0.5) is 0 Å². The monoisotopic (exact) mass is 349 g/mol. The van der Waals surface area contributed by atoms with Crippen molar-refractivity contribution in [3.63, 3.8) is 0 Å². The molecule has 3 rings (SSSR count). The van der Waals surface area contributed by atoms with Crippen molar-refractivity contribution in [3.05, 3.63) is 71.4 Å². The summed E-state index contributed by atoms with van der Waals surface area (Å²) in [6, 6.07) is 15.8. The van der Waals surface area contributed by atoms with Crippen molar-refractivity contribution in [2.24, 2.45) is 0 Å². The maximum Gasteiger partial charge on any atom is 0.337 e. The maximum atomic E-state index is 11.3. The first-order valence-corrected chi connectivity index (χ1v) is 6.94. The molecule has 0 aliphatic carbocycles. The number of carboxylic acids is 1. The minimum Gasteiger partial charge on any atom is -0.478 e. The minimum atomic E-state index is -1.03. The van der Waals surface area contributed by atoms with E-state index in [0.29, 0.717) is 16.4 Å². The van der Waals surface area contributed by atoms with E-state index in [2.05, 4.69) is 9.97 Å². The first-order valence-electron chi connectivity index (χ1n) is 6.57. The number of benzene rings is 1. The van der Waals surface area contributed by atoms with Crippen LogP contribution in [0.5, 0.6) is 0 Å². The zero-order valence-corrected chi connectivity index (χ0v) is 16.3. The fraction of sp³-hybridized carbons (Fsp3) is 0. The number of carbonyl (C=O) groups is 1. The summed E-state index contributed by atoms with van der Waals surface area (Å²) in [5.41, 5.74) is 2.63.